The van der Waals surface area contributed by atoms with E-state index in [-0.39, 0.29) is 33.3 Å². The summed E-state index contributed by atoms with van der Waals surface area (Å²) in [4.78, 5) is 13.2. The molecule has 0 bridgehead atoms. The van der Waals surface area contributed by atoms with Gasteiger partial charge in [0.05, 0.1) is 18.1 Å². The summed E-state index contributed by atoms with van der Waals surface area (Å²) in [5, 5.41) is 82.4. The first-order valence-corrected chi connectivity index (χ1v) is 11.9. The molecule has 1 aromatic heterocycles. The number of rotatable bonds is 4. The van der Waals surface area contributed by atoms with Crippen molar-refractivity contribution in [1.29, 1.82) is 0 Å². The van der Waals surface area contributed by atoms with E-state index < -0.39 is 79.0 Å². The number of hydrogen-bond donors (Lipinski definition) is 8. The third kappa shape index (κ3) is 4.31. The fourth-order valence-electron chi connectivity index (χ4n) is 4.93. The molecule has 206 valence electrons. The molecule has 0 unspecified atom stereocenters. The Bertz CT molecular complexity index is 1390. The molecule has 3 heterocycles. The van der Waals surface area contributed by atoms with Gasteiger partial charge in [0.1, 0.15) is 76.9 Å². The number of aromatic hydroxyl groups is 2. The summed E-state index contributed by atoms with van der Waals surface area (Å²) in [6.45, 7) is 0.709. The second-order valence-corrected chi connectivity index (χ2v) is 9.53. The molecule has 38 heavy (non-hydrogen) atoms. The largest absolute Gasteiger partial charge is 0.508 e. The first-order chi connectivity index (χ1) is 18.0. The van der Waals surface area contributed by atoms with Crippen LogP contribution in [0, 0.1) is 0 Å². The lowest BCUT2D eigenvalue weighted by Crippen LogP contribution is -2.61. The Morgan fingerprint density at radius 3 is 2.29 bits per heavy atom. The zero-order chi connectivity index (χ0) is 27.5. The van der Waals surface area contributed by atoms with Crippen LogP contribution in [0.15, 0.2) is 39.5 Å². The molecule has 13 heteroatoms. The first-order valence-electron chi connectivity index (χ1n) is 11.9. The normalized spacial score (nSPS) is 36.1. The van der Waals surface area contributed by atoms with Crippen LogP contribution in [0.3, 0.4) is 0 Å². The highest BCUT2D eigenvalue weighted by Gasteiger charge is 2.50. The Morgan fingerprint density at radius 2 is 1.58 bits per heavy atom. The molecule has 8 N–H and O–H groups in total. The van der Waals surface area contributed by atoms with Crippen LogP contribution >= 0.6 is 0 Å². The van der Waals surface area contributed by atoms with Crippen LogP contribution < -0.4 is 5.43 Å². The monoisotopic (exact) mass is 536 g/mol. The molecule has 0 aliphatic carbocycles. The van der Waals surface area contributed by atoms with Crippen LogP contribution in [-0.4, -0.2) is 103 Å². The van der Waals surface area contributed by atoms with Crippen LogP contribution in [0.1, 0.15) is 18.6 Å². The maximum atomic E-state index is 13.2. The minimum absolute atomic E-state index is 0.00809. The highest BCUT2D eigenvalue weighted by molar-refractivity contribution is 5.94. The third-order valence-electron chi connectivity index (χ3n) is 7.10. The first kappa shape index (κ1) is 26.7. The Kier molecular flexibility index (Phi) is 7.06. The number of hydrogen-bond acceptors (Lipinski definition) is 13. The summed E-state index contributed by atoms with van der Waals surface area (Å²) in [5.74, 6) is -0.798. The third-order valence-corrected chi connectivity index (χ3v) is 7.10. The van der Waals surface area contributed by atoms with Gasteiger partial charge in [-0.05, 0) is 37.3 Å². The zero-order valence-corrected chi connectivity index (χ0v) is 20.0. The molecule has 2 aliphatic rings. The van der Waals surface area contributed by atoms with Crippen molar-refractivity contribution in [2.75, 3.05) is 6.61 Å². The molecule has 2 aliphatic heterocycles. The molecule has 5 rings (SSSR count). The van der Waals surface area contributed by atoms with Gasteiger partial charge in [-0.2, -0.15) is 0 Å². The average Bonchev–Trinajstić information content (AvgIpc) is 2.89. The lowest BCUT2D eigenvalue weighted by Gasteiger charge is -2.46. The number of fused-ring (bicyclic) bond motifs is 2. The van der Waals surface area contributed by atoms with Crippen molar-refractivity contribution in [3.05, 3.63) is 46.1 Å². The fourth-order valence-corrected chi connectivity index (χ4v) is 4.93. The minimum Gasteiger partial charge on any atom is -0.508 e. The van der Waals surface area contributed by atoms with Crippen molar-refractivity contribution >= 4 is 21.9 Å². The van der Waals surface area contributed by atoms with Crippen molar-refractivity contribution in [2.45, 2.75) is 68.1 Å². The Balaban J connectivity index is 1.60. The van der Waals surface area contributed by atoms with E-state index in [0.717, 1.165) is 0 Å². The quantitative estimate of drug-likeness (QED) is 0.182. The maximum absolute atomic E-state index is 13.2. The van der Waals surface area contributed by atoms with E-state index >= 15 is 0 Å². The van der Waals surface area contributed by atoms with E-state index in [2.05, 4.69) is 0 Å². The van der Waals surface area contributed by atoms with E-state index in [1.807, 2.05) is 0 Å². The molecular weight excluding hydrogens is 508 g/mol. The van der Waals surface area contributed by atoms with Crippen molar-refractivity contribution in [3.8, 4) is 11.5 Å². The summed E-state index contributed by atoms with van der Waals surface area (Å²) in [6, 6.07) is 6.63. The van der Waals surface area contributed by atoms with Crippen molar-refractivity contribution in [3.63, 3.8) is 0 Å². The van der Waals surface area contributed by atoms with Gasteiger partial charge in [-0.25, -0.2) is 0 Å². The van der Waals surface area contributed by atoms with Gasteiger partial charge >= 0.3 is 0 Å². The van der Waals surface area contributed by atoms with Crippen LogP contribution in [0.2, 0.25) is 0 Å². The second kappa shape index (κ2) is 10.0. The Labute approximate surface area is 214 Å². The highest BCUT2D eigenvalue weighted by Crippen LogP contribution is 2.42. The Morgan fingerprint density at radius 1 is 0.868 bits per heavy atom. The number of aliphatic hydroxyl groups is 6. The number of benzene rings is 2. The molecular formula is C25H28O13. The summed E-state index contributed by atoms with van der Waals surface area (Å²) in [5.41, 5.74) is -0.572. The lowest BCUT2D eigenvalue weighted by molar-refractivity contribution is -0.338. The molecule has 0 spiro atoms. The summed E-state index contributed by atoms with van der Waals surface area (Å²) in [6.07, 6.45) is -15.1. The van der Waals surface area contributed by atoms with Crippen LogP contribution in [-0.2, 0) is 14.2 Å². The van der Waals surface area contributed by atoms with Crippen molar-refractivity contribution in [1.82, 2.24) is 0 Å². The van der Waals surface area contributed by atoms with Crippen LogP contribution in [0.5, 0.6) is 11.5 Å². The van der Waals surface area contributed by atoms with Gasteiger partial charge in [-0.15, -0.1) is 0 Å². The SMILES string of the molecule is C[C@@H]1O[C@@H](O[C@@H]2[C@@H](O)[C@H](O)[C@@H](CO)O[C@H]2c2ccc3oc4ccc(O)cc4c(=O)c3c2O)[C@H](O)[C@H](O)[C@H]1O. The molecule has 3 aromatic rings. The van der Waals surface area contributed by atoms with Gasteiger partial charge in [-0.1, -0.05) is 0 Å². The van der Waals surface area contributed by atoms with E-state index in [1.54, 1.807) is 0 Å². The number of ether oxygens (including phenoxy) is 3. The topological polar surface area (TPSA) is 220 Å². The fraction of sp³-hybridized carbons (Fsp3) is 0.480. The van der Waals surface area contributed by atoms with Gasteiger partial charge in [0.15, 0.2) is 6.29 Å². The average molecular weight is 536 g/mol. The molecule has 0 saturated carbocycles. The van der Waals surface area contributed by atoms with Crippen LogP contribution in [0.4, 0.5) is 0 Å². The van der Waals surface area contributed by atoms with Crippen molar-refractivity contribution < 1.29 is 59.5 Å². The van der Waals surface area contributed by atoms with Crippen LogP contribution in [0.25, 0.3) is 21.9 Å². The molecule has 10 atom stereocenters. The van der Waals surface area contributed by atoms with Gasteiger partial charge in [0.25, 0.3) is 0 Å². The molecule has 2 aromatic carbocycles. The summed E-state index contributed by atoms with van der Waals surface area (Å²) < 4.78 is 22.7. The van der Waals surface area contributed by atoms with Gasteiger partial charge in [0.2, 0.25) is 5.43 Å². The van der Waals surface area contributed by atoms with E-state index in [0.29, 0.717) is 0 Å². The number of phenolic OH excluding ortho intramolecular Hbond substituents is 2. The van der Waals surface area contributed by atoms with E-state index in [4.69, 9.17) is 18.6 Å². The number of phenols is 2. The summed E-state index contributed by atoms with van der Waals surface area (Å²) >= 11 is 0. The minimum atomic E-state index is -1.75. The Hall–Kier alpha value is -2.85. The summed E-state index contributed by atoms with van der Waals surface area (Å²) in [7, 11) is 0. The lowest BCUT2D eigenvalue weighted by atomic mass is 9.89. The standard InChI is InChI=1S/C25H28O13/c1-8-16(28)20(32)22(34)25(35-8)38-24-21(33)19(31)14(7-26)37-23(24)10-3-5-13-15(17(10)29)18(30)11-6-9(27)2-4-12(11)36-13/h2-6,8,14,16,19-29,31-34H,7H2,1H3/t8-,14+,16-,19+,20+,21-,22+,23-,24+,25-/m0/s1. The molecule has 13 nitrogen and oxygen atoms in total. The zero-order valence-electron chi connectivity index (χ0n) is 20.0. The highest BCUT2D eigenvalue weighted by atomic mass is 16.7. The van der Waals surface area contributed by atoms with Gasteiger partial charge in [0, 0.05) is 5.56 Å². The van der Waals surface area contributed by atoms with Gasteiger partial charge < -0.3 is 59.5 Å². The molecule has 0 radical (unpaired) electrons. The predicted molar refractivity (Wildman–Crippen MR) is 127 cm³/mol. The second-order valence-electron chi connectivity index (χ2n) is 9.53. The molecule has 2 saturated heterocycles. The maximum Gasteiger partial charge on any atom is 0.204 e. The van der Waals surface area contributed by atoms with E-state index in [9.17, 15) is 45.6 Å². The van der Waals surface area contributed by atoms with E-state index in [1.165, 1.54) is 37.3 Å². The smallest absolute Gasteiger partial charge is 0.204 e. The molecule has 0 amide bonds. The van der Waals surface area contributed by atoms with Crippen molar-refractivity contribution in [2.24, 2.45) is 0 Å². The predicted octanol–water partition coefficient (Wildman–Crippen LogP) is -1.28. The van der Waals surface area contributed by atoms with Gasteiger partial charge in [-0.3, -0.25) is 4.79 Å². The molecule has 2 fully saturated rings. The number of aliphatic hydroxyl groups excluding tert-OH is 6.